The van der Waals surface area contributed by atoms with Crippen molar-refractivity contribution in [2.24, 2.45) is 23.5 Å². The van der Waals surface area contributed by atoms with Crippen molar-refractivity contribution in [3.63, 3.8) is 0 Å². The van der Waals surface area contributed by atoms with E-state index in [9.17, 15) is 4.79 Å². The van der Waals surface area contributed by atoms with Crippen LogP contribution in [-0.4, -0.2) is 92.3 Å². The summed E-state index contributed by atoms with van der Waals surface area (Å²) in [5, 5.41) is 35.4. The number of unbranched alkanes of at least 4 members (excludes halogenated alkanes) is 2. The molecule has 0 saturated carbocycles. The third kappa shape index (κ3) is 30.3. The molecule has 0 aromatic heterocycles. The molecule has 1 radical (unpaired) electrons. The van der Waals surface area contributed by atoms with Crippen LogP contribution in [0.1, 0.15) is 39.5 Å². The molecule has 8 N–H and O–H groups in total. The number of ether oxygens (including phenoxy) is 2. The number of nitrogens with two attached hydrogens (primary N) is 1. The number of hydrogen-bond donors (Lipinski definition) is 5. The van der Waals surface area contributed by atoms with Gasteiger partial charge in [0.15, 0.2) is 0 Å². The molecule has 0 atom stereocenters. The van der Waals surface area contributed by atoms with Gasteiger partial charge < -0.3 is 47.1 Å². The smallest absolute Gasteiger partial charge is 0.217 e. The van der Waals surface area contributed by atoms with Gasteiger partial charge in [-0.15, -0.1) is 6.54 Å². The topological polar surface area (TPSA) is 190 Å². The average Bonchev–Trinajstić information content (AvgIpc) is 2.77. The van der Waals surface area contributed by atoms with Crippen molar-refractivity contribution in [2.45, 2.75) is 39.5 Å². The zero-order valence-electron chi connectivity index (χ0n) is 19.3. The number of amides is 1. The van der Waals surface area contributed by atoms with Crippen LogP contribution in [0, 0.1) is 17.8 Å². The van der Waals surface area contributed by atoms with Crippen molar-refractivity contribution in [1.82, 2.24) is 0 Å². The van der Waals surface area contributed by atoms with E-state index in [0.29, 0.717) is 26.2 Å². The van der Waals surface area contributed by atoms with E-state index in [0.717, 1.165) is 19.3 Å². The number of primary amides is 1. The van der Waals surface area contributed by atoms with E-state index in [4.69, 9.17) is 47.1 Å². The molecule has 0 aromatic carbocycles. The molecule has 0 fully saturated rings. The molecule has 0 aliphatic heterocycles. The Balaban J connectivity index is -0.000000256. The van der Waals surface area contributed by atoms with Crippen molar-refractivity contribution in [2.75, 3.05) is 65.9 Å². The van der Waals surface area contributed by atoms with Crippen molar-refractivity contribution in [1.29, 1.82) is 0 Å². The second-order valence-electron chi connectivity index (χ2n) is 6.63. The minimum absolute atomic E-state index is 0. The summed E-state index contributed by atoms with van der Waals surface area (Å²) < 4.78 is 10.6. The van der Waals surface area contributed by atoms with E-state index in [-0.39, 0.29) is 103 Å². The van der Waals surface area contributed by atoms with E-state index in [2.05, 4.69) is 0 Å². The Labute approximate surface area is 213 Å². The predicted molar refractivity (Wildman–Crippen MR) is 118 cm³/mol. The van der Waals surface area contributed by atoms with E-state index in [1.807, 2.05) is 13.8 Å². The molecule has 31 heavy (non-hydrogen) atoms. The quantitative estimate of drug-likeness (QED) is 0.164. The van der Waals surface area contributed by atoms with Gasteiger partial charge >= 0.3 is 0 Å². The first-order chi connectivity index (χ1) is 14.5. The molecule has 10 nitrogen and oxygen atoms in total. The Hall–Kier alpha value is 0.254. The first-order valence-corrected chi connectivity index (χ1v) is 10.6. The van der Waals surface area contributed by atoms with Gasteiger partial charge in [-0.2, -0.15) is 6.54 Å². The molecule has 0 heterocycles. The van der Waals surface area contributed by atoms with Crippen molar-refractivity contribution in [3.8, 4) is 0 Å². The maximum Gasteiger partial charge on any atom is 0.217 e. The van der Waals surface area contributed by atoms with Gasteiger partial charge in [-0.3, -0.25) is 4.79 Å². The number of rotatable bonds is 18. The Morgan fingerprint density at radius 1 is 0.774 bits per heavy atom. The first kappa shape index (κ1) is 38.5. The summed E-state index contributed by atoms with van der Waals surface area (Å²) in [6.45, 7) is 5.22. The minimum atomic E-state index is -0.291. The zero-order chi connectivity index (χ0) is 23.6. The van der Waals surface area contributed by atoms with Gasteiger partial charge in [0.25, 0.3) is 0 Å². The SMILES string of the molecule is CC.[NH-]CC(COCC(CO)CO)COCC(CO)CO.[NH-]CCCCCC(N)=O.[Y]. The Bertz CT molecular complexity index is 320. The van der Waals surface area contributed by atoms with Crippen LogP contribution in [0.15, 0.2) is 0 Å². The molecule has 0 aliphatic carbocycles. The van der Waals surface area contributed by atoms with Crippen molar-refractivity contribution >= 4 is 5.91 Å². The van der Waals surface area contributed by atoms with Crippen LogP contribution in [0.4, 0.5) is 0 Å². The maximum atomic E-state index is 10.1. The Morgan fingerprint density at radius 3 is 1.45 bits per heavy atom. The molecule has 0 spiro atoms. The fraction of sp³-hybridized carbons (Fsp3) is 0.950. The normalized spacial score (nSPS) is 10.3. The summed E-state index contributed by atoms with van der Waals surface area (Å²) in [7, 11) is 0. The third-order valence-electron chi connectivity index (χ3n) is 3.84. The van der Waals surface area contributed by atoms with E-state index < -0.39 is 0 Å². The molecule has 187 valence electrons. The number of hydrogen-bond acceptors (Lipinski definition) is 7. The maximum absolute atomic E-state index is 10.1. The number of carbonyl (C=O) groups is 1. The molecule has 0 aromatic rings. The molecule has 0 unspecified atom stereocenters. The Morgan fingerprint density at radius 2 is 1.16 bits per heavy atom. The largest absolute Gasteiger partial charge is 0.677 e. The summed E-state index contributed by atoms with van der Waals surface area (Å²) in [5.74, 6) is -0.919. The standard InChI is InChI=1S/C12H26NO6.C6H13N2O.C2H6.Y/c13-1-10(6-18-8-11(2-14)3-15)7-19-9-12(4-16)5-17;7-5-3-1-2-4-6(8)9;1-2;/h10-17H,1-9H2;7H,1-5H2,(H2,8,9);1-2H3;/q2*-1;;. The van der Waals surface area contributed by atoms with E-state index in [1.54, 1.807) is 0 Å². The fourth-order valence-electron chi connectivity index (χ4n) is 1.90. The molecular weight excluding hydrogens is 483 g/mol. The number of aliphatic hydroxyl groups excluding tert-OH is 4. The molecule has 0 saturated heterocycles. The first-order valence-electron chi connectivity index (χ1n) is 10.6. The van der Waals surface area contributed by atoms with Gasteiger partial charge in [-0.1, -0.05) is 26.7 Å². The van der Waals surface area contributed by atoms with Crippen LogP contribution >= 0.6 is 0 Å². The summed E-state index contributed by atoms with van der Waals surface area (Å²) >= 11 is 0. The molecule has 1 amide bonds. The minimum Gasteiger partial charge on any atom is -0.677 e. The van der Waals surface area contributed by atoms with Gasteiger partial charge in [0.05, 0.1) is 39.6 Å². The van der Waals surface area contributed by atoms with Gasteiger partial charge in [-0.05, 0) is 12.3 Å². The van der Waals surface area contributed by atoms with Crippen LogP contribution in [0.3, 0.4) is 0 Å². The summed E-state index contributed by atoms with van der Waals surface area (Å²) in [5.41, 5.74) is 19.0. The van der Waals surface area contributed by atoms with Crippen LogP contribution in [0.5, 0.6) is 0 Å². The number of aliphatic hydroxyl groups is 4. The summed E-state index contributed by atoms with van der Waals surface area (Å²) in [6.07, 6.45) is 3.15. The summed E-state index contributed by atoms with van der Waals surface area (Å²) in [6, 6.07) is 0. The zero-order valence-corrected chi connectivity index (χ0v) is 22.1. The molecule has 0 bridgehead atoms. The van der Waals surface area contributed by atoms with Gasteiger partial charge in [0.2, 0.25) is 5.91 Å². The predicted octanol–water partition coefficient (Wildman–Crippen LogP) is 0.998. The third-order valence-corrected chi connectivity index (χ3v) is 3.84. The number of carbonyl (C=O) groups excluding carboxylic acids is 1. The molecule has 11 heteroatoms. The monoisotopic (exact) mass is 528 g/mol. The van der Waals surface area contributed by atoms with E-state index in [1.165, 1.54) is 0 Å². The van der Waals surface area contributed by atoms with Crippen LogP contribution in [0.25, 0.3) is 11.5 Å². The van der Waals surface area contributed by atoms with Gasteiger partial charge in [-0.25, -0.2) is 0 Å². The molecule has 0 aliphatic rings. The van der Waals surface area contributed by atoms with Crippen LogP contribution in [-0.2, 0) is 47.0 Å². The van der Waals surface area contributed by atoms with Crippen molar-refractivity contribution < 1.29 is 67.4 Å². The van der Waals surface area contributed by atoms with Crippen molar-refractivity contribution in [3.05, 3.63) is 11.5 Å². The second kappa shape index (κ2) is 32.4. The Kier molecular flexibility index (Phi) is 40.3. The average molecular weight is 529 g/mol. The van der Waals surface area contributed by atoms with Crippen LogP contribution < -0.4 is 5.73 Å². The van der Waals surface area contributed by atoms with Crippen LogP contribution in [0.2, 0.25) is 0 Å². The second-order valence-corrected chi connectivity index (χ2v) is 6.63. The van der Waals surface area contributed by atoms with E-state index >= 15 is 0 Å². The number of nitrogens with one attached hydrogen (secondary N) is 2. The fourth-order valence-corrected chi connectivity index (χ4v) is 1.90. The molecule has 0 rings (SSSR count). The molecular formula is C20H45N3O7Y-2. The van der Waals surface area contributed by atoms with Gasteiger partial charge in [0, 0.05) is 64.2 Å². The summed E-state index contributed by atoms with van der Waals surface area (Å²) in [4.78, 5) is 10.1. The van der Waals surface area contributed by atoms with Gasteiger partial charge in [0.1, 0.15) is 0 Å².